The van der Waals surface area contributed by atoms with Crippen LogP contribution in [0.15, 0.2) is 41.0 Å². The van der Waals surface area contributed by atoms with Crippen LogP contribution in [0.5, 0.6) is 0 Å². The molecule has 100 valence electrons. The van der Waals surface area contributed by atoms with Gasteiger partial charge in [0.25, 0.3) is 0 Å². The highest BCUT2D eigenvalue weighted by Gasteiger charge is 2.06. The molecule has 0 fully saturated rings. The van der Waals surface area contributed by atoms with Gasteiger partial charge in [0.15, 0.2) is 0 Å². The van der Waals surface area contributed by atoms with Gasteiger partial charge in [0.1, 0.15) is 5.82 Å². The van der Waals surface area contributed by atoms with Crippen LogP contribution < -0.4 is 5.32 Å². The van der Waals surface area contributed by atoms with Gasteiger partial charge in [-0.1, -0.05) is 35.0 Å². The minimum Gasteiger partial charge on any atom is -0.311 e. The summed E-state index contributed by atoms with van der Waals surface area (Å²) in [5.41, 5.74) is 1.14. The molecule has 0 saturated heterocycles. The van der Waals surface area contributed by atoms with Crippen LogP contribution in [0.4, 0.5) is 5.82 Å². The molecule has 0 aliphatic heterocycles. The first-order valence-electron chi connectivity index (χ1n) is 6.25. The zero-order chi connectivity index (χ0) is 13.7. The molecule has 0 atom stereocenters. The molecule has 2 rings (SSSR count). The first kappa shape index (κ1) is 13.8. The van der Waals surface area contributed by atoms with E-state index >= 15 is 0 Å². The topological polar surface area (TPSA) is 46.9 Å². The summed E-state index contributed by atoms with van der Waals surface area (Å²) in [6.45, 7) is 2.63. The van der Waals surface area contributed by atoms with E-state index in [4.69, 9.17) is 0 Å². The van der Waals surface area contributed by atoms with Crippen molar-refractivity contribution in [2.24, 2.45) is 0 Å². The summed E-state index contributed by atoms with van der Waals surface area (Å²) in [5, 5.41) is 7.11. The maximum Gasteiger partial charge on any atom is 0.225 e. The summed E-state index contributed by atoms with van der Waals surface area (Å²) in [6, 6.07) is 9.86. The predicted molar refractivity (Wildman–Crippen MR) is 79.0 cm³/mol. The minimum absolute atomic E-state index is 0.0278. The van der Waals surface area contributed by atoms with E-state index in [-0.39, 0.29) is 5.91 Å². The Kier molecular flexibility index (Phi) is 4.74. The van der Waals surface area contributed by atoms with E-state index < -0.39 is 0 Å². The molecular formula is C14H16BrN3O. The molecular weight excluding hydrogens is 306 g/mol. The molecule has 0 aliphatic carbocycles. The molecule has 0 saturated carbocycles. The van der Waals surface area contributed by atoms with Gasteiger partial charge in [-0.05, 0) is 24.1 Å². The van der Waals surface area contributed by atoms with E-state index in [2.05, 4.69) is 26.3 Å². The number of nitrogens with zero attached hydrogens (tertiary/aromatic N) is 2. The summed E-state index contributed by atoms with van der Waals surface area (Å²) >= 11 is 3.41. The van der Waals surface area contributed by atoms with Crippen LogP contribution in [0.2, 0.25) is 0 Å². The van der Waals surface area contributed by atoms with Crippen LogP contribution in [-0.4, -0.2) is 15.7 Å². The number of amides is 1. The lowest BCUT2D eigenvalue weighted by Gasteiger charge is -2.09. The molecule has 1 N–H and O–H groups in total. The summed E-state index contributed by atoms with van der Waals surface area (Å²) in [6.07, 6.45) is 3.07. The second kappa shape index (κ2) is 6.52. The van der Waals surface area contributed by atoms with Crippen molar-refractivity contribution in [2.75, 3.05) is 5.32 Å². The summed E-state index contributed by atoms with van der Waals surface area (Å²) in [7, 11) is 0. The maximum atomic E-state index is 11.6. The second-order valence-corrected chi connectivity index (χ2v) is 5.21. The largest absolute Gasteiger partial charge is 0.311 e. The van der Waals surface area contributed by atoms with E-state index in [1.54, 1.807) is 10.9 Å². The second-order valence-electron chi connectivity index (χ2n) is 4.30. The Morgan fingerprint density at radius 3 is 2.74 bits per heavy atom. The van der Waals surface area contributed by atoms with Gasteiger partial charge >= 0.3 is 0 Å². The quantitative estimate of drug-likeness (QED) is 0.917. The van der Waals surface area contributed by atoms with E-state index in [1.807, 2.05) is 37.3 Å². The Balaban J connectivity index is 2.07. The fourth-order valence-electron chi connectivity index (χ4n) is 1.76. The van der Waals surface area contributed by atoms with Gasteiger partial charge in [-0.3, -0.25) is 4.79 Å². The molecule has 0 aliphatic rings. The van der Waals surface area contributed by atoms with Crippen molar-refractivity contribution in [1.29, 1.82) is 0 Å². The van der Waals surface area contributed by atoms with Crippen LogP contribution in [-0.2, 0) is 11.3 Å². The lowest BCUT2D eigenvalue weighted by molar-refractivity contribution is -0.116. The molecule has 1 heterocycles. The van der Waals surface area contributed by atoms with Crippen molar-refractivity contribution in [2.45, 2.75) is 26.3 Å². The number of rotatable bonds is 5. The normalized spacial score (nSPS) is 10.4. The van der Waals surface area contributed by atoms with Crippen LogP contribution in [0, 0.1) is 0 Å². The zero-order valence-electron chi connectivity index (χ0n) is 10.8. The fourth-order valence-corrected chi connectivity index (χ4v) is 2.02. The lowest BCUT2D eigenvalue weighted by atomic mass is 10.2. The van der Waals surface area contributed by atoms with Crippen LogP contribution in [0.25, 0.3) is 0 Å². The van der Waals surface area contributed by atoms with E-state index in [0.29, 0.717) is 13.0 Å². The van der Waals surface area contributed by atoms with Crippen molar-refractivity contribution < 1.29 is 4.79 Å². The standard InChI is InChI=1S/C14H16BrN3O/c1-2-3-14(19)17-13-8-9-16-18(13)10-11-4-6-12(15)7-5-11/h4-9H,2-3,10H2,1H3,(H,17,19). The van der Waals surface area contributed by atoms with Gasteiger partial charge in [-0.2, -0.15) is 5.10 Å². The highest BCUT2D eigenvalue weighted by Crippen LogP contribution is 2.14. The first-order valence-corrected chi connectivity index (χ1v) is 7.04. The van der Waals surface area contributed by atoms with E-state index in [1.165, 1.54) is 0 Å². The van der Waals surface area contributed by atoms with Gasteiger partial charge in [0.2, 0.25) is 5.91 Å². The van der Waals surface area contributed by atoms with Crippen molar-refractivity contribution in [1.82, 2.24) is 9.78 Å². The Labute approximate surface area is 120 Å². The molecule has 19 heavy (non-hydrogen) atoms. The van der Waals surface area contributed by atoms with Gasteiger partial charge < -0.3 is 5.32 Å². The number of anilines is 1. The van der Waals surface area contributed by atoms with Crippen molar-refractivity contribution in [3.63, 3.8) is 0 Å². The molecule has 0 spiro atoms. The van der Waals surface area contributed by atoms with Gasteiger partial charge in [0, 0.05) is 17.0 Å². The monoisotopic (exact) mass is 321 g/mol. The number of carbonyl (C=O) groups excluding carboxylic acids is 1. The Morgan fingerprint density at radius 2 is 2.05 bits per heavy atom. The molecule has 1 amide bonds. The summed E-state index contributed by atoms with van der Waals surface area (Å²) < 4.78 is 2.84. The molecule has 0 radical (unpaired) electrons. The van der Waals surface area contributed by atoms with Crippen molar-refractivity contribution >= 4 is 27.7 Å². The number of carbonyl (C=O) groups is 1. The third kappa shape index (κ3) is 3.92. The van der Waals surface area contributed by atoms with Crippen molar-refractivity contribution in [3.05, 3.63) is 46.6 Å². The summed E-state index contributed by atoms with van der Waals surface area (Å²) in [5.74, 6) is 0.765. The highest BCUT2D eigenvalue weighted by atomic mass is 79.9. The molecule has 4 nitrogen and oxygen atoms in total. The number of nitrogens with one attached hydrogen (secondary N) is 1. The van der Waals surface area contributed by atoms with Crippen LogP contribution >= 0.6 is 15.9 Å². The maximum absolute atomic E-state index is 11.6. The van der Waals surface area contributed by atoms with Crippen LogP contribution in [0.1, 0.15) is 25.3 Å². The zero-order valence-corrected chi connectivity index (χ0v) is 12.4. The molecule has 1 aromatic heterocycles. The summed E-state index contributed by atoms with van der Waals surface area (Å²) in [4.78, 5) is 11.6. The Hall–Kier alpha value is -1.62. The molecule has 0 unspecified atom stereocenters. The number of halogens is 1. The minimum atomic E-state index is 0.0278. The van der Waals surface area contributed by atoms with Gasteiger partial charge in [0.05, 0.1) is 12.7 Å². The third-order valence-electron chi connectivity index (χ3n) is 2.71. The Morgan fingerprint density at radius 1 is 1.32 bits per heavy atom. The van der Waals surface area contributed by atoms with Crippen molar-refractivity contribution in [3.8, 4) is 0 Å². The molecule has 0 bridgehead atoms. The van der Waals surface area contributed by atoms with Gasteiger partial charge in [-0.15, -0.1) is 0 Å². The Bertz CT molecular complexity index is 548. The number of benzene rings is 1. The average Bonchev–Trinajstić information content (AvgIpc) is 2.80. The smallest absolute Gasteiger partial charge is 0.225 e. The fraction of sp³-hybridized carbons (Fsp3) is 0.286. The number of aromatic nitrogens is 2. The molecule has 1 aromatic carbocycles. The SMILES string of the molecule is CCCC(=O)Nc1ccnn1Cc1ccc(Br)cc1. The third-order valence-corrected chi connectivity index (χ3v) is 3.24. The predicted octanol–water partition coefficient (Wildman–Crippen LogP) is 3.43. The van der Waals surface area contributed by atoms with Crippen LogP contribution in [0.3, 0.4) is 0 Å². The number of hydrogen-bond acceptors (Lipinski definition) is 2. The van der Waals surface area contributed by atoms with Gasteiger partial charge in [-0.25, -0.2) is 4.68 Å². The highest BCUT2D eigenvalue weighted by molar-refractivity contribution is 9.10. The van der Waals surface area contributed by atoms with E-state index in [9.17, 15) is 4.79 Å². The lowest BCUT2D eigenvalue weighted by Crippen LogP contribution is -2.15. The number of hydrogen-bond donors (Lipinski definition) is 1. The van der Waals surface area contributed by atoms with E-state index in [0.717, 1.165) is 22.3 Å². The molecule has 2 aromatic rings. The molecule has 5 heteroatoms. The average molecular weight is 322 g/mol. The first-order chi connectivity index (χ1) is 9.19.